The van der Waals surface area contributed by atoms with Crippen LogP contribution in [0.5, 0.6) is 0 Å². The van der Waals surface area contributed by atoms with Gasteiger partial charge in [0.2, 0.25) is 0 Å². The van der Waals surface area contributed by atoms with E-state index in [0.29, 0.717) is 0 Å². The van der Waals surface area contributed by atoms with Gasteiger partial charge >= 0.3 is 0 Å². The summed E-state index contributed by atoms with van der Waals surface area (Å²) in [6.07, 6.45) is 3.79. The molecular formula is C9H17IN2S. The SMILES string of the molecule is C=C(CCN(C)SI)N1CCCC1. The van der Waals surface area contributed by atoms with Crippen molar-refractivity contribution in [3.05, 3.63) is 12.3 Å². The highest BCUT2D eigenvalue weighted by atomic mass is 127. The van der Waals surface area contributed by atoms with Crippen LogP contribution in [0.1, 0.15) is 19.3 Å². The van der Waals surface area contributed by atoms with Crippen LogP contribution in [0.15, 0.2) is 12.3 Å². The minimum atomic E-state index is 1.10. The lowest BCUT2D eigenvalue weighted by atomic mass is 10.3. The Morgan fingerprint density at radius 1 is 1.54 bits per heavy atom. The van der Waals surface area contributed by atoms with Crippen LogP contribution in [0.2, 0.25) is 0 Å². The lowest BCUT2D eigenvalue weighted by Crippen LogP contribution is -2.20. The standard InChI is InChI=1S/C9H17IN2S/c1-9(5-8-11(2)13-10)12-6-3-4-7-12/h1,3-8H2,2H3. The highest BCUT2D eigenvalue weighted by molar-refractivity contribution is 14.2. The molecule has 76 valence electrons. The van der Waals surface area contributed by atoms with Gasteiger partial charge in [-0.05, 0) is 29.0 Å². The molecule has 1 saturated heterocycles. The molecule has 13 heavy (non-hydrogen) atoms. The van der Waals surface area contributed by atoms with Gasteiger partial charge in [0.25, 0.3) is 0 Å². The van der Waals surface area contributed by atoms with Crippen LogP contribution in [0.25, 0.3) is 0 Å². The van der Waals surface area contributed by atoms with Gasteiger partial charge in [-0.3, -0.25) is 0 Å². The Bertz CT molecular complexity index is 169. The van der Waals surface area contributed by atoms with E-state index < -0.39 is 0 Å². The predicted molar refractivity (Wildman–Crippen MR) is 68.8 cm³/mol. The zero-order valence-corrected chi connectivity index (χ0v) is 11.1. The molecule has 0 amide bonds. The van der Waals surface area contributed by atoms with E-state index in [1.54, 1.807) is 9.12 Å². The fourth-order valence-electron chi connectivity index (χ4n) is 1.51. The molecule has 0 atom stereocenters. The van der Waals surface area contributed by atoms with Gasteiger partial charge in [0.15, 0.2) is 0 Å². The summed E-state index contributed by atoms with van der Waals surface area (Å²) in [7, 11) is 3.87. The number of nitrogens with zero attached hydrogens (tertiary/aromatic N) is 2. The van der Waals surface area contributed by atoms with E-state index in [4.69, 9.17) is 0 Å². The van der Waals surface area contributed by atoms with Gasteiger partial charge in [-0.1, -0.05) is 6.58 Å². The van der Waals surface area contributed by atoms with Crippen molar-refractivity contribution < 1.29 is 0 Å². The summed E-state index contributed by atoms with van der Waals surface area (Å²) in [5.74, 6) is 0. The Hall–Kier alpha value is 0.580. The molecule has 2 nitrogen and oxygen atoms in total. The van der Waals surface area contributed by atoms with Crippen molar-refractivity contribution >= 4 is 30.3 Å². The third-order valence-corrected chi connectivity index (χ3v) is 4.82. The molecule has 0 aromatic carbocycles. The van der Waals surface area contributed by atoms with Crippen LogP contribution in [0.3, 0.4) is 0 Å². The average molecular weight is 312 g/mol. The topological polar surface area (TPSA) is 6.48 Å². The van der Waals surface area contributed by atoms with Crippen LogP contribution >= 0.6 is 30.3 Å². The zero-order valence-electron chi connectivity index (χ0n) is 8.13. The van der Waals surface area contributed by atoms with Crippen LogP contribution in [-0.2, 0) is 0 Å². The fourth-order valence-corrected chi connectivity index (χ4v) is 2.26. The summed E-state index contributed by atoms with van der Waals surface area (Å²) in [6.45, 7) is 7.67. The summed E-state index contributed by atoms with van der Waals surface area (Å²) in [4.78, 5) is 2.42. The maximum absolute atomic E-state index is 4.13. The minimum Gasteiger partial charge on any atom is -0.375 e. The van der Waals surface area contributed by atoms with Crippen molar-refractivity contribution in [3.8, 4) is 0 Å². The van der Waals surface area contributed by atoms with Gasteiger partial charge in [-0.15, -0.1) is 0 Å². The Morgan fingerprint density at radius 2 is 2.15 bits per heavy atom. The van der Waals surface area contributed by atoms with Crippen molar-refractivity contribution in [1.82, 2.24) is 9.21 Å². The van der Waals surface area contributed by atoms with Crippen LogP contribution in [0, 0.1) is 0 Å². The predicted octanol–water partition coefficient (Wildman–Crippen LogP) is 2.92. The van der Waals surface area contributed by atoms with Crippen LogP contribution in [0.4, 0.5) is 0 Å². The highest BCUT2D eigenvalue weighted by Crippen LogP contribution is 2.19. The minimum absolute atomic E-state index is 1.10. The Balaban J connectivity index is 2.16. The van der Waals surface area contributed by atoms with Gasteiger partial charge in [-0.25, -0.2) is 4.31 Å². The van der Waals surface area contributed by atoms with E-state index in [1.165, 1.54) is 31.6 Å². The number of hydrogen-bond donors (Lipinski definition) is 0. The number of halogens is 1. The van der Waals surface area contributed by atoms with Gasteiger partial charge in [-0.2, -0.15) is 0 Å². The lowest BCUT2D eigenvalue weighted by Gasteiger charge is -2.21. The van der Waals surface area contributed by atoms with E-state index in [9.17, 15) is 0 Å². The Labute approximate surface area is 97.5 Å². The van der Waals surface area contributed by atoms with E-state index in [1.807, 2.05) is 0 Å². The molecule has 0 aromatic rings. The van der Waals surface area contributed by atoms with Crippen molar-refractivity contribution in [3.63, 3.8) is 0 Å². The van der Waals surface area contributed by atoms with E-state index >= 15 is 0 Å². The van der Waals surface area contributed by atoms with Gasteiger partial charge < -0.3 is 4.90 Å². The molecule has 1 fully saturated rings. The molecule has 1 heterocycles. The smallest absolute Gasteiger partial charge is 0.0175 e. The lowest BCUT2D eigenvalue weighted by molar-refractivity contribution is 0.398. The molecule has 1 aliphatic heterocycles. The number of likely N-dealkylation sites (tertiary alicyclic amines) is 1. The first kappa shape index (κ1) is 11.7. The quantitative estimate of drug-likeness (QED) is 0.569. The molecule has 0 bridgehead atoms. The zero-order chi connectivity index (χ0) is 9.68. The second-order valence-corrected chi connectivity index (χ2v) is 5.37. The van der Waals surface area contributed by atoms with Crippen molar-refractivity contribution in [1.29, 1.82) is 0 Å². The summed E-state index contributed by atoms with van der Waals surface area (Å²) in [5, 5.41) is 0. The molecule has 4 heteroatoms. The molecule has 1 rings (SSSR count). The summed E-state index contributed by atoms with van der Waals surface area (Å²) >= 11 is 2.31. The molecule has 0 N–H and O–H groups in total. The molecule has 0 radical (unpaired) electrons. The summed E-state index contributed by atoms with van der Waals surface area (Å²) in [5.41, 5.74) is 1.31. The maximum atomic E-state index is 4.13. The number of hydrogen-bond acceptors (Lipinski definition) is 3. The second kappa shape index (κ2) is 6.14. The van der Waals surface area contributed by atoms with Gasteiger partial charge in [0.05, 0.1) is 0 Å². The molecule has 0 aromatic heterocycles. The first-order valence-corrected chi connectivity index (χ1v) is 7.98. The fraction of sp³-hybridized carbons (Fsp3) is 0.778. The summed E-state index contributed by atoms with van der Waals surface area (Å²) in [6, 6.07) is 0. The van der Waals surface area contributed by atoms with Gasteiger partial charge in [0.1, 0.15) is 0 Å². The molecule has 0 aliphatic carbocycles. The number of rotatable bonds is 5. The Morgan fingerprint density at radius 3 is 2.69 bits per heavy atom. The van der Waals surface area contributed by atoms with Crippen LogP contribution in [-0.4, -0.2) is 35.9 Å². The largest absolute Gasteiger partial charge is 0.375 e. The maximum Gasteiger partial charge on any atom is 0.0175 e. The average Bonchev–Trinajstić information content (AvgIpc) is 2.66. The Kier molecular flexibility index (Phi) is 5.50. The normalized spacial score (nSPS) is 17.0. The molecular weight excluding hydrogens is 295 g/mol. The van der Waals surface area contributed by atoms with E-state index in [0.717, 1.165) is 13.0 Å². The van der Waals surface area contributed by atoms with Crippen molar-refractivity contribution in [2.24, 2.45) is 0 Å². The van der Waals surface area contributed by atoms with Gasteiger partial charge in [0, 0.05) is 53.0 Å². The molecule has 0 unspecified atom stereocenters. The van der Waals surface area contributed by atoms with Crippen molar-refractivity contribution in [2.45, 2.75) is 19.3 Å². The molecule has 1 aliphatic rings. The summed E-state index contributed by atoms with van der Waals surface area (Å²) < 4.78 is 2.24. The van der Waals surface area contributed by atoms with E-state index in [-0.39, 0.29) is 0 Å². The monoisotopic (exact) mass is 312 g/mol. The van der Waals surface area contributed by atoms with Crippen molar-refractivity contribution in [2.75, 3.05) is 26.7 Å². The third kappa shape index (κ3) is 4.08. The van der Waals surface area contributed by atoms with Crippen LogP contribution < -0.4 is 0 Å². The third-order valence-electron chi connectivity index (χ3n) is 2.39. The molecule has 0 spiro atoms. The highest BCUT2D eigenvalue weighted by Gasteiger charge is 2.13. The second-order valence-electron chi connectivity index (χ2n) is 3.43. The first-order chi connectivity index (χ1) is 6.24. The molecule has 0 saturated carbocycles. The van der Waals surface area contributed by atoms with E-state index in [2.05, 4.69) is 44.0 Å². The first-order valence-electron chi connectivity index (χ1n) is 4.66.